The third-order valence-electron chi connectivity index (χ3n) is 3.26. The van der Waals surface area contributed by atoms with Gasteiger partial charge in [0.2, 0.25) is 0 Å². The molecule has 1 N–H and O–H groups in total. The molecule has 0 bridgehead atoms. The Morgan fingerprint density at radius 1 is 1.16 bits per heavy atom. The summed E-state index contributed by atoms with van der Waals surface area (Å²) in [5, 5.41) is 2.92. The van der Waals surface area contributed by atoms with Gasteiger partial charge in [-0.15, -0.1) is 0 Å². The number of rotatable bonds is 7. The number of hydrogen-bond acceptors (Lipinski definition) is 6. The molecule has 8 heteroatoms. The summed E-state index contributed by atoms with van der Waals surface area (Å²) >= 11 is 5.64. The van der Waals surface area contributed by atoms with Gasteiger partial charge >= 0.3 is 5.97 Å². The van der Waals surface area contributed by atoms with Gasteiger partial charge in [0, 0.05) is 18.3 Å². The smallest absolute Gasteiger partial charge is 0.340 e. The highest BCUT2D eigenvalue weighted by Crippen LogP contribution is 2.30. The van der Waals surface area contributed by atoms with E-state index in [1.165, 1.54) is 32.5 Å². The Labute approximate surface area is 149 Å². The van der Waals surface area contributed by atoms with Crippen LogP contribution in [0.5, 0.6) is 11.5 Å². The lowest BCUT2D eigenvalue weighted by Gasteiger charge is -2.13. The van der Waals surface area contributed by atoms with Crippen molar-refractivity contribution in [3.05, 3.63) is 52.8 Å². The van der Waals surface area contributed by atoms with Crippen molar-refractivity contribution in [2.45, 2.75) is 6.54 Å². The van der Waals surface area contributed by atoms with Crippen LogP contribution < -0.4 is 14.8 Å². The van der Waals surface area contributed by atoms with Crippen molar-refractivity contribution >= 4 is 23.5 Å². The molecule has 25 heavy (non-hydrogen) atoms. The first kappa shape index (κ1) is 18.5. The fourth-order valence-corrected chi connectivity index (χ4v) is 2.16. The summed E-state index contributed by atoms with van der Waals surface area (Å²) in [6, 6.07) is 8.28. The number of halogens is 1. The number of pyridine rings is 1. The molecule has 1 amide bonds. The Balaban J connectivity index is 1.87. The molecule has 2 rings (SSSR count). The highest BCUT2D eigenvalue weighted by molar-refractivity contribution is 6.29. The number of carbonyl (C=O) groups excluding carboxylic acids is 2. The zero-order valence-electron chi connectivity index (χ0n) is 13.7. The maximum Gasteiger partial charge on any atom is 0.340 e. The summed E-state index contributed by atoms with van der Waals surface area (Å²) < 4.78 is 15.4. The molecule has 0 radical (unpaired) electrons. The molecular formula is C17H17ClN2O5. The van der Waals surface area contributed by atoms with Crippen LogP contribution in [0.25, 0.3) is 0 Å². The Kier molecular flexibility index (Phi) is 6.59. The van der Waals surface area contributed by atoms with Crippen LogP contribution in [0.4, 0.5) is 0 Å². The molecule has 0 aliphatic carbocycles. The van der Waals surface area contributed by atoms with E-state index >= 15 is 0 Å². The van der Waals surface area contributed by atoms with Crippen LogP contribution in [0.3, 0.4) is 0 Å². The van der Waals surface area contributed by atoms with Gasteiger partial charge in [-0.3, -0.25) is 4.79 Å². The molecule has 1 heterocycles. The van der Waals surface area contributed by atoms with Gasteiger partial charge in [0.25, 0.3) is 5.91 Å². The van der Waals surface area contributed by atoms with Crippen LogP contribution >= 0.6 is 11.6 Å². The van der Waals surface area contributed by atoms with Crippen LogP contribution in [0.2, 0.25) is 5.15 Å². The molecular weight excluding hydrogens is 348 g/mol. The molecule has 0 saturated carbocycles. The molecule has 1 aromatic heterocycles. The van der Waals surface area contributed by atoms with Gasteiger partial charge in [0.15, 0.2) is 18.1 Å². The topological polar surface area (TPSA) is 86.8 Å². The molecule has 0 aliphatic rings. The molecule has 0 saturated heterocycles. The van der Waals surface area contributed by atoms with Crippen LogP contribution in [-0.4, -0.2) is 37.7 Å². The number of carbonyl (C=O) groups is 2. The number of nitrogens with zero attached hydrogens (tertiary/aromatic N) is 1. The normalized spacial score (nSPS) is 10.0. The Morgan fingerprint density at radius 2 is 1.96 bits per heavy atom. The molecule has 0 aliphatic heterocycles. The van der Waals surface area contributed by atoms with E-state index in [0.717, 1.165) is 5.56 Å². The van der Waals surface area contributed by atoms with Crippen LogP contribution in [0.15, 0.2) is 36.5 Å². The number of aromatic nitrogens is 1. The quantitative estimate of drug-likeness (QED) is 0.599. The van der Waals surface area contributed by atoms with Crippen molar-refractivity contribution in [3.8, 4) is 11.5 Å². The number of hydrogen-bond donors (Lipinski definition) is 1. The second kappa shape index (κ2) is 8.89. The number of esters is 1. The van der Waals surface area contributed by atoms with E-state index in [-0.39, 0.29) is 17.3 Å². The number of nitrogens with one attached hydrogen (secondary N) is 1. The van der Waals surface area contributed by atoms with Gasteiger partial charge in [-0.25, -0.2) is 9.78 Å². The van der Waals surface area contributed by atoms with E-state index in [2.05, 4.69) is 10.3 Å². The van der Waals surface area contributed by atoms with Gasteiger partial charge in [-0.2, -0.15) is 0 Å². The highest BCUT2D eigenvalue weighted by atomic mass is 35.5. The van der Waals surface area contributed by atoms with Gasteiger partial charge in [0.1, 0.15) is 5.15 Å². The lowest BCUT2D eigenvalue weighted by molar-refractivity contribution is -0.124. The van der Waals surface area contributed by atoms with Crippen LogP contribution in [0.1, 0.15) is 15.9 Å². The van der Waals surface area contributed by atoms with E-state index in [0.29, 0.717) is 11.5 Å². The minimum atomic E-state index is -0.654. The lowest BCUT2D eigenvalue weighted by Crippen LogP contribution is -2.28. The van der Waals surface area contributed by atoms with Crippen molar-refractivity contribution in [2.75, 3.05) is 20.8 Å². The number of methoxy groups -OCH3 is 2. The lowest BCUT2D eigenvalue weighted by atomic mass is 10.2. The summed E-state index contributed by atoms with van der Waals surface area (Å²) in [7, 11) is 3.05. The van der Waals surface area contributed by atoms with E-state index in [1.54, 1.807) is 18.2 Å². The average Bonchev–Trinajstić information content (AvgIpc) is 2.64. The number of para-hydroxylation sites is 1. The predicted octanol–water partition coefficient (Wildman–Crippen LogP) is 2.23. The molecule has 0 fully saturated rings. The Bertz CT molecular complexity index is 749. The second-order valence-corrected chi connectivity index (χ2v) is 5.26. The van der Waals surface area contributed by atoms with Crippen molar-refractivity contribution in [1.29, 1.82) is 0 Å². The summed E-state index contributed by atoms with van der Waals surface area (Å²) in [6.45, 7) is -0.201. The van der Waals surface area contributed by atoms with Crippen molar-refractivity contribution < 1.29 is 23.8 Å². The van der Waals surface area contributed by atoms with Crippen molar-refractivity contribution in [3.63, 3.8) is 0 Å². The van der Waals surface area contributed by atoms with E-state index in [9.17, 15) is 9.59 Å². The van der Waals surface area contributed by atoms with Crippen LogP contribution in [-0.2, 0) is 16.1 Å². The number of amides is 1. The monoisotopic (exact) mass is 364 g/mol. The maximum absolute atomic E-state index is 11.9. The average molecular weight is 365 g/mol. The standard InChI is InChI=1S/C17H17ClN2O5/c1-23-13-5-3-4-11(16(13)24-2)8-20-15(21)10-25-17(22)12-6-7-14(18)19-9-12/h3-7,9H,8,10H2,1-2H3,(H,20,21). The summed E-state index contributed by atoms with van der Waals surface area (Å²) in [4.78, 5) is 27.4. The molecule has 7 nitrogen and oxygen atoms in total. The Morgan fingerprint density at radius 3 is 2.60 bits per heavy atom. The van der Waals surface area contributed by atoms with Crippen molar-refractivity contribution in [1.82, 2.24) is 10.3 Å². The second-order valence-electron chi connectivity index (χ2n) is 4.88. The first-order valence-electron chi connectivity index (χ1n) is 7.30. The summed E-state index contributed by atoms with van der Waals surface area (Å²) in [6.07, 6.45) is 1.28. The number of ether oxygens (including phenoxy) is 3. The first-order valence-corrected chi connectivity index (χ1v) is 7.68. The van der Waals surface area contributed by atoms with Gasteiger partial charge in [0.05, 0.1) is 19.8 Å². The highest BCUT2D eigenvalue weighted by Gasteiger charge is 2.13. The molecule has 1 aromatic carbocycles. The van der Waals surface area contributed by atoms with Gasteiger partial charge in [-0.05, 0) is 18.2 Å². The predicted molar refractivity (Wildman–Crippen MR) is 90.9 cm³/mol. The third kappa shape index (κ3) is 5.09. The fourth-order valence-electron chi connectivity index (χ4n) is 2.05. The minimum Gasteiger partial charge on any atom is -0.493 e. The Hall–Kier alpha value is -2.80. The third-order valence-corrected chi connectivity index (χ3v) is 3.48. The molecule has 2 aromatic rings. The largest absolute Gasteiger partial charge is 0.493 e. The molecule has 0 atom stereocenters. The summed E-state index contributed by atoms with van der Waals surface area (Å²) in [5.41, 5.74) is 0.954. The van der Waals surface area contributed by atoms with Gasteiger partial charge < -0.3 is 19.5 Å². The maximum atomic E-state index is 11.9. The molecule has 0 unspecified atom stereocenters. The molecule has 132 valence electrons. The van der Waals surface area contributed by atoms with Crippen molar-refractivity contribution in [2.24, 2.45) is 0 Å². The summed E-state index contributed by atoms with van der Waals surface area (Å²) in [5.74, 6) is 0.00358. The van der Waals surface area contributed by atoms with Crippen LogP contribution in [0, 0.1) is 0 Å². The molecule has 0 spiro atoms. The fraction of sp³-hybridized carbons (Fsp3) is 0.235. The van der Waals surface area contributed by atoms with E-state index in [1.807, 2.05) is 0 Å². The van der Waals surface area contributed by atoms with E-state index in [4.69, 9.17) is 25.8 Å². The zero-order valence-corrected chi connectivity index (χ0v) is 14.5. The minimum absolute atomic E-state index is 0.208. The zero-order chi connectivity index (χ0) is 18.2. The SMILES string of the molecule is COc1cccc(CNC(=O)COC(=O)c2ccc(Cl)nc2)c1OC. The first-order chi connectivity index (χ1) is 12.0. The van der Waals surface area contributed by atoms with E-state index < -0.39 is 18.5 Å². The number of benzene rings is 1. The van der Waals surface area contributed by atoms with Gasteiger partial charge in [-0.1, -0.05) is 23.7 Å².